The second-order valence-corrected chi connectivity index (χ2v) is 32.4. The third-order valence-corrected chi connectivity index (χ3v) is 23.0. The van der Waals surface area contributed by atoms with E-state index < -0.39 is 58.6 Å². The van der Waals surface area contributed by atoms with Crippen LogP contribution >= 0.6 is 22.6 Å². The van der Waals surface area contributed by atoms with E-state index in [1.165, 1.54) is 57.2 Å². The Kier molecular flexibility index (Phi) is 30.3. The SMILES string of the molecule is Nc1ccc(-c2cnc(NC(=O)Cc3c(F)c(F)c(F)c(F)c3F)c(C3CCCCC3)n2)cc1.Nc1ccc(-c2cnc(NC(=O)Cc3ccc(F)c(F)c3)c(C3CCCCC3)n2)cc1.Nc1ccc(-c2cnc(NC(=O)Cc3ccc(I)cc3)c(C3CCCCC3)n2)cc1.Nc1ccc(-c2cnc(NC(=O)c3ccccc3)c(C3CCCCC3)n2)cc1. The van der Waals surface area contributed by atoms with Crippen LogP contribution in [0.25, 0.3) is 45.0 Å². The van der Waals surface area contributed by atoms with Gasteiger partial charge in [-0.25, -0.2) is 70.6 Å². The van der Waals surface area contributed by atoms with Crippen LogP contribution < -0.4 is 44.2 Å². The fourth-order valence-electron chi connectivity index (χ4n) is 15.7. The summed E-state index contributed by atoms with van der Waals surface area (Å²) in [6.07, 6.45) is 27.3. The number of rotatable bonds is 19. The number of nitrogens with one attached hydrogen (secondary N) is 4. The standard InChI is InChI=1S/C24H21F5N4O.C24H24F2N4O.C24H25IN4O.C23H24N4O/c25-18-15(19(26)21(28)22(29)20(18)27)10-17(34)33-24-23(13-4-2-1-3-5-13)32-16(11-31-24)12-6-8-14(30)9-7-12;25-19-11-6-15(12-20(19)26)13-22(31)30-24-23(17-4-2-1-3-5-17)29-21(14-28-24)16-7-9-18(27)10-8-16;25-19-10-6-16(7-11-19)14-22(30)29-24-23(18-4-2-1-3-5-18)28-21(15-27-24)17-8-12-20(26)13-9-17;24-19-13-11-16(12-14-19)20-15-25-22(21(26-20)17-7-3-1-4-8-17)27-23(28)18-9-5-2-6-10-18/h6-9,11,13H,1-5,10,30H2,(H,31,33,34);6-12,14,17H,1-5,13,27H2,(H,28,30,31);6-13,15,18H,1-5,14,26H2,(H,27,29,30);2,5-6,9-15,17H,1,3-4,7-8,24H2,(H,25,27,28). The molecule has 4 saturated carbocycles. The number of carbonyl (C=O) groups is 4. The first-order valence-electron chi connectivity index (χ1n) is 41.4. The number of halogens is 8. The van der Waals surface area contributed by atoms with E-state index in [9.17, 15) is 49.9 Å². The molecule has 634 valence electrons. The predicted octanol–water partition coefficient (Wildman–Crippen LogP) is 21.5. The van der Waals surface area contributed by atoms with Crippen molar-refractivity contribution >= 4 is 92.2 Å². The number of nitrogens with two attached hydrogens (primary N) is 4. The van der Waals surface area contributed by atoms with Crippen molar-refractivity contribution in [3.63, 3.8) is 0 Å². The third kappa shape index (κ3) is 23.8. The zero-order valence-electron chi connectivity index (χ0n) is 67.6. The van der Waals surface area contributed by atoms with Gasteiger partial charge in [-0.05, 0) is 170 Å². The van der Waals surface area contributed by atoms with E-state index in [0.717, 1.165) is 173 Å². The van der Waals surface area contributed by atoms with E-state index in [0.29, 0.717) is 69.6 Å². The van der Waals surface area contributed by atoms with Crippen LogP contribution in [0.1, 0.15) is 202 Å². The molecule has 0 radical (unpaired) electrons. The number of aromatic nitrogens is 8. The number of nitrogens with zero attached hydrogens (tertiary/aromatic N) is 8. The van der Waals surface area contributed by atoms with Gasteiger partial charge in [-0.2, -0.15) is 0 Å². The quantitative estimate of drug-likeness (QED) is 0.0123. The van der Waals surface area contributed by atoms with E-state index in [-0.39, 0.29) is 41.8 Å². The molecule has 4 aliphatic rings. The highest BCUT2D eigenvalue weighted by molar-refractivity contribution is 14.1. The topological polar surface area (TPSA) is 324 Å². The lowest BCUT2D eigenvalue weighted by molar-refractivity contribution is -0.116. The maximum absolute atomic E-state index is 14.0. The van der Waals surface area contributed by atoms with Gasteiger partial charge >= 0.3 is 0 Å². The van der Waals surface area contributed by atoms with Crippen LogP contribution in [-0.4, -0.2) is 63.5 Å². The van der Waals surface area contributed by atoms with Gasteiger partial charge in [-0.1, -0.05) is 162 Å². The van der Waals surface area contributed by atoms with E-state index in [1.807, 2.05) is 115 Å². The molecule has 0 atom stereocenters. The molecule has 4 fully saturated rings. The maximum Gasteiger partial charge on any atom is 0.256 e. The molecule has 0 aliphatic heterocycles. The molecule has 0 bridgehead atoms. The Bertz CT molecular complexity index is 5640. The number of hydrogen-bond donors (Lipinski definition) is 8. The molecule has 4 amide bonds. The summed E-state index contributed by atoms with van der Waals surface area (Å²) in [6, 6.07) is 50.3. The molecule has 4 aromatic heterocycles. The number of nitrogen functional groups attached to an aromatic ring is 4. The summed E-state index contributed by atoms with van der Waals surface area (Å²) in [4.78, 5) is 88.0. The molecule has 0 spiro atoms. The first kappa shape index (κ1) is 88.2. The first-order valence-corrected chi connectivity index (χ1v) is 42.5. The van der Waals surface area contributed by atoms with E-state index in [2.05, 4.69) is 63.8 Å². The molecule has 16 rings (SSSR count). The van der Waals surface area contributed by atoms with E-state index in [1.54, 1.807) is 55.0 Å². The highest BCUT2D eigenvalue weighted by Gasteiger charge is 2.31. The molecule has 0 unspecified atom stereocenters. The molecule has 4 aliphatic carbocycles. The minimum absolute atomic E-state index is 0.000496. The van der Waals surface area contributed by atoms with E-state index in [4.69, 9.17) is 42.9 Å². The molecule has 8 aromatic carbocycles. The zero-order chi connectivity index (χ0) is 86.5. The maximum atomic E-state index is 14.0. The summed E-state index contributed by atoms with van der Waals surface area (Å²) in [7, 11) is 0. The Morgan fingerprint density at radius 2 is 0.618 bits per heavy atom. The van der Waals surface area contributed by atoms with E-state index >= 15 is 0 Å². The van der Waals surface area contributed by atoms with Crippen molar-refractivity contribution in [1.82, 2.24) is 39.9 Å². The number of anilines is 8. The van der Waals surface area contributed by atoms with Crippen LogP contribution in [0.5, 0.6) is 0 Å². The average Bonchev–Trinajstić information content (AvgIpc) is 0.827. The Balaban J connectivity index is 0.000000141. The molecule has 12 aromatic rings. The van der Waals surface area contributed by atoms with Gasteiger partial charge in [-0.15, -0.1) is 0 Å². The summed E-state index contributed by atoms with van der Waals surface area (Å²) >= 11 is 2.26. The summed E-state index contributed by atoms with van der Waals surface area (Å²) in [5, 5.41) is 11.3. The van der Waals surface area contributed by atoms with Gasteiger partial charge in [0.2, 0.25) is 23.5 Å². The van der Waals surface area contributed by atoms with Crippen molar-refractivity contribution in [3.05, 3.63) is 284 Å². The molecule has 4 heterocycles. The van der Waals surface area contributed by atoms with Crippen molar-refractivity contribution in [2.24, 2.45) is 0 Å². The van der Waals surface area contributed by atoms with Crippen molar-refractivity contribution in [2.45, 2.75) is 171 Å². The largest absolute Gasteiger partial charge is 0.399 e. The lowest BCUT2D eigenvalue weighted by atomic mass is 9.86. The zero-order valence-corrected chi connectivity index (χ0v) is 69.7. The van der Waals surface area contributed by atoms with Crippen LogP contribution in [0, 0.1) is 44.3 Å². The van der Waals surface area contributed by atoms with Gasteiger partial charge in [0.25, 0.3) is 5.91 Å². The van der Waals surface area contributed by atoms with Gasteiger partial charge < -0.3 is 44.2 Å². The third-order valence-electron chi connectivity index (χ3n) is 22.3. The predicted molar refractivity (Wildman–Crippen MR) is 474 cm³/mol. The highest BCUT2D eigenvalue weighted by atomic mass is 127. The molecular weight excluding hydrogens is 1690 g/mol. The summed E-state index contributed by atoms with van der Waals surface area (Å²) < 4.78 is 96.0. The van der Waals surface area contributed by atoms with Crippen LogP contribution in [0.2, 0.25) is 0 Å². The summed E-state index contributed by atoms with van der Waals surface area (Å²) in [5.41, 5.74) is 36.2. The van der Waals surface area contributed by atoms with Gasteiger partial charge in [0.1, 0.15) is 0 Å². The molecule has 12 N–H and O–H groups in total. The van der Waals surface area contributed by atoms with Crippen LogP contribution in [0.15, 0.2) is 195 Å². The van der Waals surface area contributed by atoms with Crippen LogP contribution in [0.4, 0.5) is 76.8 Å². The van der Waals surface area contributed by atoms with Gasteiger partial charge in [0.05, 0.1) is 89.6 Å². The Morgan fingerprint density at radius 3 is 0.943 bits per heavy atom. The molecule has 123 heavy (non-hydrogen) atoms. The fourth-order valence-corrected chi connectivity index (χ4v) is 16.1. The Labute approximate surface area is 722 Å². The Morgan fingerprint density at radius 1 is 0.325 bits per heavy atom. The summed E-state index contributed by atoms with van der Waals surface area (Å²) in [6.45, 7) is 0. The second-order valence-electron chi connectivity index (χ2n) is 31.2. The second kappa shape index (κ2) is 42.3. The monoisotopic (exact) mass is 1780 g/mol. The van der Waals surface area contributed by atoms with Crippen molar-refractivity contribution in [3.8, 4) is 45.0 Å². The van der Waals surface area contributed by atoms with Crippen molar-refractivity contribution < 1.29 is 49.9 Å². The number of amides is 4. The van der Waals surface area contributed by atoms with Crippen LogP contribution in [-0.2, 0) is 33.6 Å². The van der Waals surface area contributed by atoms with Crippen molar-refractivity contribution in [1.29, 1.82) is 0 Å². The lowest BCUT2D eigenvalue weighted by Crippen LogP contribution is -2.21. The van der Waals surface area contributed by atoms with Gasteiger partial charge in [-0.3, -0.25) is 19.2 Å². The van der Waals surface area contributed by atoms with Gasteiger partial charge in [0, 0.05) is 83.4 Å². The minimum Gasteiger partial charge on any atom is -0.399 e. The lowest BCUT2D eigenvalue weighted by Gasteiger charge is -2.23. The average molecular weight is 1780 g/mol. The number of benzene rings is 8. The van der Waals surface area contributed by atoms with Crippen LogP contribution in [0.3, 0.4) is 0 Å². The molecule has 20 nitrogen and oxygen atoms in total. The molecule has 28 heteroatoms. The Hall–Kier alpha value is -12.6. The number of hydrogen-bond acceptors (Lipinski definition) is 16. The van der Waals surface area contributed by atoms with Gasteiger partial charge in [0.15, 0.2) is 58.2 Å². The minimum atomic E-state index is -2.28. The number of carbonyl (C=O) groups excluding carboxylic acids is 4. The smallest absolute Gasteiger partial charge is 0.256 e. The normalized spacial score (nSPS) is 14.4. The summed E-state index contributed by atoms with van der Waals surface area (Å²) in [5.74, 6) is -11.5. The molecular formula is C95H94F7IN16O4. The highest BCUT2D eigenvalue weighted by Crippen LogP contribution is 2.41. The molecule has 0 saturated heterocycles. The van der Waals surface area contributed by atoms with Crippen molar-refractivity contribution in [2.75, 3.05) is 44.2 Å². The first-order chi connectivity index (χ1) is 59.5. The fraction of sp³-hybridized carbons (Fsp3) is 0.284.